The summed E-state index contributed by atoms with van der Waals surface area (Å²) in [7, 11) is 0. The van der Waals surface area contributed by atoms with Gasteiger partial charge in [0.15, 0.2) is 0 Å². The van der Waals surface area contributed by atoms with Gasteiger partial charge in [0.25, 0.3) is 6.71 Å². The molecule has 5 unspecified atom stereocenters. The van der Waals surface area contributed by atoms with E-state index in [-0.39, 0.29) is 24.6 Å². The first-order valence-corrected chi connectivity index (χ1v) is 45.7. The zero-order valence-electron chi connectivity index (χ0n) is 70.7. The van der Waals surface area contributed by atoms with Gasteiger partial charge in [0.1, 0.15) is 0 Å². The summed E-state index contributed by atoms with van der Waals surface area (Å²) in [4.78, 5) is 11.0. The number of fused-ring (bicyclic) bond motifs is 7. The quantitative estimate of drug-likeness (QED) is 0.0843. The van der Waals surface area contributed by atoms with E-state index in [2.05, 4.69) is 432 Å². The Morgan fingerprint density at radius 2 is 0.928 bits per heavy atom. The van der Waals surface area contributed by atoms with Crippen LogP contribution in [-0.4, -0.2) is 12.8 Å². The maximum absolute atomic E-state index is 2.96. The van der Waals surface area contributed by atoms with E-state index in [0.717, 1.165) is 118 Å². The molecule has 125 heavy (non-hydrogen) atoms. The Labute approximate surface area is 736 Å². The van der Waals surface area contributed by atoms with Gasteiger partial charge in [-0.2, -0.15) is 0 Å². The lowest BCUT2D eigenvalue weighted by atomic mass is 9.33. The van der Waals surface area contributed by atoms with Crippen LogP contribution in [0, 0.1) is 23.7 Å². The molecule has 0 aromatic heterocycles. The van der Waals surface area contributed by atoms with Crippen LogP contribution in [-0.2, 0) is 0 Å². The molecule has 602 valence electrons. The lowest BCUT2D eigenvalue weighted by Crippen LogP contribution is -2.64. The van der Waals surface area contributed by atoms with Gasteiger partial charge in [-0.25, -0.2) is 0 Å². The van der Waals surface area contributed by atoms with Crippen molar-refractivity contribution in [3.63, 3.8) is 0 Å². The third kappa shape index (κ3) is 14.1. The summed E-state index contributed by atoms with van der Waals surface area (Å²) >= 11 is 0. The van der Waals surface area contributed by atoms with Gasteiger partial charge >= 0.3 is 0 Å². The standard InChI is InChI=1S/C120H99BN4/c1-7-33-82(34-8-1)90-47-25-51-95(74-90)106-61-31-62-107(96-52-26-48-91(75-96)83-35-9-2-10-36-83)119(106)124-114-80-102(122(100-55-15-5-16-56-100)112-65-29-45-87-42-21-23-59-104(87)112)69-71-110(114)121-111-72-70-103(123(101-57-17-6-18-58-101)113-66-30-46-88-43-22-24-60-105(88)113)81-115(111)125(117-79-99(78-116(124)118(117)121)94-68-67-86-41-19-20-44-89(86)73-94)120-108(97-53-27-49-92(76-97)84-37-11-3-12-38-84)63-32-64-109(120)98-54-28-50-93(77-98)85-39-13-4-14-40-85/h1-9,11-13,15-26,29-30,32-33,35,37-39,41-49,51-52,54-60,62-73,76-82,90,96,109,120H,10,14,27-28,31,34,36,40,50,53,61,74-75H2. The molecule has 2 heterocycles. The van der Waals surface area contributed by atoms with Crippen molar-refractivity contribution < 1.29 is 0 Å². The van der Waals surface area contributed by atoms with Crippen molar-refractivity contribution in [2.45, 2.75) is 89.5 Å². The molecule has 0 saturated heterocycles. The van der Waals surface area contributed by atoms with Crippen molar-refractivity contribution in [2.24, 2.45) is 23.7 Å². The van der Waals surface area contributed by atoms with Gasteiger partial charge < -0.3 is 19.6 Å². The molecule has 0 radical (unpaired) electrons. The lowest BCUT2D eigenvalue weighted by molar-refractivity contribution is 0.468. The smallest absolute Gasteiger partial charge is 0.252 e. The lowest BCUT2D eigenvalue weighted by Gasteiger charge is -2.50. The molecule has 11 aliphatic rings. The van der Waals surface area contributed by atoms with Crippen molar-refractivity contribution in [3.05, 3.63) is 480 Å². The summed E-state index contributed by atoms with van der Waals surface area (Å²) in [5, 5.41) is 7.24. The maximum atomic E-state index is 2.96. The topological polar surface area (TPSA) is 13.0 Å². The number of rotatable bonds is 17. The largest absolute Gasteiger partial charge is 0.334 e. The summed E-state index contributed by atoms with van der Waals surface area (Å²) < 4.78 is 0. The number of hydrogen-bond donors (Lipinski definition) is 0. The molecule has 0 bridgehead atoms. The summed E-state index contributed by atoms with van der Waals surface area (Å²) in [5.74, 6) is 0.706. The molecule has 0 N–H and O–H groups in total. The molecule has 0 saturated carbocycles. The minimum atomic E-state index is -0.266. The van der Waals surface area contributed by atoms with E-state index in [1.54, 1.807) is 0 Å². The van der Waals surface area contributed by atoms with Crippen molar-refractivity contribution in [3.8, 4) is 11.1 Å². The molecule has 12 aromatic carbocycles. The van der Waals surface area contributed by atoms with Gasteiger partial charge in [0.05, 0.1) is 23.1 Å². The second-order valence-corrected chi connectivity index (χ2v) is 35.5. The highest BCUT2D eigenvalue weighted by molar-refractivity contribution is 7.00. The Bertz CT molecular complexity index is 6970. The van der Waals surface area contributed by atoms with E-state index in [0.29, 0.717) is 11.8 Å². The van der Waals surface area contributed by atoms with E-state index in [1.165, 1.54) is 155 Å². The molecular formula is C120H99BN4. The average Bonchev–Trinajstić information content (AvgIpc) is 0.684. The molecule has 2 aliphatic heterocycles. The number of anilines is 10. The van der Waals surface area contributed by atoms with Gasteiger partial charge in [0.2, 0.25) is 0 Å². The summed E-state index contributed by atoms with van der Waals surface area (Å²) in [6.45, 7) is -0.266. The summed E-state index contributed by atoms with van der Waals surface area (Å²) in [6, 6.07) is 102. The van der Waals surface area contributed by atoms with E-state index < -0.39 is 0 Å². The zero-order valence-corrected chi connectivity index (χ0v) is 70.7. The Morgan fingerprint density at radius 1 is 0.336 bits per heavy atom. The third-order valence-corrected chi connectivity index (χ3v) is 28.3. The maximum Gasteiger partial charge on any atom is 0.252 e. The zero-order chi connectivity index (χ0) is 82.7. The summed E-state index contributed by atoms with van der Waals surface area (Å²) in [6.07, 6.45) is 71.7. The van der Waals surface area contributed by atoms with Crippen LogP contribution in [0.4, 0.5) is 56.9 Å². The summed E-state index contributed by atoms with van der Waals surface area (Å²) in [5.41, 5.74) is 35.8. The first-order valence-electron chi connectivity index (χ1n) is 45.7. The van der Waals surface area contributed by atoms with Crippen LogP contribution < -0.4 is 36.0 Å². The molecular weight excluding hydrogens is 1510 g/mol. The van der Waals surface area contributed by atoms with Crippen LogP contribution in [0.15, 0.2) is 474 Å². The molecule has 5 heteroatoms. The number of allylic oxidation sites excluding steroid dienone is 31. The number of benzene rings is 12. The molecule has 0 spiro atoms. The molecule has 23 rings (SSSR count). The number of para-hydroxylation sites is 2. The third-order valence-electron chi connectivity index (χ3n) is 28.3. The van der Waals surface area contributed by atoms with Gasteiger partial charge in [-0.15, -0.1) is 0 Å². The second-order valence-electron chi connectivity index (χ2n) is 35.5. The van der Waals surface area contributed by atoms with Crippen molar-refractivity contribution in [1.82, 2.24) is 0 Å². The molecule has 5 atom stereocenters. The van der Waals surface area contributed by atoms with E-state index in [9.17, 15) is 0 Å². The normalized spacial score (nSPS) is 20.5. The Morgan fingerprint density at radius 3 is 1.64 bits per heavy atom. The van der Waals surface area contributed by atoms with Gasteiger partial charge in [-0.3, -0.25) is 0 Å². The fraction of sp³-hybridized carbons (Fsp3) is 0.150. The van der Waals surface area contributed by atoms with E-state index in [1.807, 2.05) is 0 Å². The van der Waals surface area contributed by atoms with Crippen molar-refractivity contribution >= 4 is 118 Å². The number of hydrogen-bond acceptors (Lipinski definition) is 4. The second kappa shape index (κ2) is 33.0. The molecule has 4 nitrogen and oxygen atoms in total. The molecule has 9 aliphatic carbocycles. The van der Waals surface area contributed by atoms with Crippen molar-refractivity contribution in [2.75, 3.05) is 19.6 Å². The van der Waals surface area contributed by atoms with Crippen LogP contribution in [0.25, 0.3) is 49.0 Å². The van der Waals surface area contributed by atoms with Crippen molar-refractivity contribution in [1.29, 1.82) is 0 Å². The number of nitrogens with zero attached hydrogens (tertiary/aromatic N) is 4. The van der Waals surface area contributed by atoms with Gasteiger partial charge in [0, 0.05) is 68.1 Å². The average molecular weight is 1610 g/mol. The minimum absolute atomic E-state index is 0.0718. The van der Waals surface area contributed by atoms with E-state index in [4.69, 9.17) is 0 Å². The molecule has 12 aromatic rings. The highest BCUT2D eigenvalue weighted by Crippen LogP contribution is 2.55. The molecule has 0 fully saturated rings. The molecule has 0 amide bonds. The highest BCUT2D eigenvalue weighted by Gasteiger charge is 2.50. The van der Waals surface area contributed by atoms with E-state index >= 15 is 0 Å². The first kappa shape index (κ1) is 75.9. The SMILES string of the molecule is C1=CCCC(C2=CC(C3C=CC=C(C4=CC(c5ccccc5)=CCC4)C3N3c4cc(N(c5ccccc5)c5cccc6ccccc56)ccc4B4c5ccc(N(c6ccccc6)c6cccc7ccccc67)cc5N(C5=C(C6=CC=CC(C7C=CC=CC7)C6)CCC=C5C5C=CC=C(C6=CC=CCC6)C5)c5cc(-c6ccc7ccccc7c6)cc3c54)=CCC2)=C1. The highest BCUT2D eigenvalue weighted by atomic mass is 15.2. The Hall–Kier alpha value is -14.0. The fourth-order valence-electron chi connectivity index (χ4n) is 22.4. The monoisotopic (exact) mass is 1610 g/mol. The first-order chi connectivity index (χ1) is 62.0. The van der Waals surface area contributed by atoms with Crippen LogP contribution in [0.2, 0.25) is 0 Å². The van der Waals surface area contributed by atoms with Crippen LogP contribution >= 0.6 is 0 Å². The van der Waals surface area contributed by atoms with Crippen LogP contribution in [0.5, 0.6) is 0 Å². The Kier molecular flexibility index (Phi) is 20.0. The fourth-order valence-corrected chi connectivity index (χ4v) is 22.4. The van der Waals surface area contributed by atoms with Crippen LogP contribution in [0.1, 0.15) is 89.0 Å². The van der Waals surface area contributed by atoms with Gasteiger partial charge in [-0.05, 0) is 290 Å². The Balaban J connectivity index is 0.851. The minimum Gasteiger partial charge on any atom is -0.334 e. The van der Waals surface area contributed by atoms with Gasteiger partial charge in [-0.1, -0.05) is 334 Å². The predicted molar refractivity (Wildman–Crippen MR) is 532 cm³/mol. The predicted octanol–water partition coefficient (Wildman–Crippen LogP) is 29.8. The van der Waals surface area contributed by atoms with Crippen LogP contribution in [0.3, 0.4) is 0 Å².